The van der Waals surface area contributed by atoms with Gasteiger partial charge >= 0.3 is 0 Å². The Kier molecular flexibility index (Phi) is 6.91. The van der Waals surface area contributed by atoms with Gasteiger partial charge in [0.2, 0.25) is 0 Å². The van der Waals surface area contributed by atoms with Gasteiger partial charge in [0.25, 0.3) is 17.4 Å². The van der Waals surface area contributed by atoms with Crippen molar-refractivity contribution in [2.24, 2.45) is 18.5 Å². The molecule has 2 amide bonds. The lowest BCUT2D eigenvalue weighted by Gasteiger charge is -2.12. The summed E-state index contributed by atoms with van der Waals surface area (Å²) in [4.78, 5) is 47.0. The number of nitrogens with two attached hydrogens (primary N) is 2. The molecule has 0 saturated carbocycles. The van der Waals surface area contributed by atoms with E-state index in [1.54, 1.807) is 31.2 Å². The van der Waals surface area contributed by atoms with Crippen LogP contribution in [0, 0.1) is 6.92 Å². The van der Waals surface area contributed by atoms with E-state index in [1.165, 1.54) is 29.8 Å². The number of primary amides is 2. The van der Waals surface area contributed by atoms with Gasteiger partial charge in [0.15, 0.2) is 19.0 Å². The molecule has 9 heteroatoms. The Labute approximate surface area is 166 Å². The molecule has 0 radical (unpaired) electrons. The van der Waals surface area contributed by atoms with Crippen molar-refractivity contribution in [3.8, 4) is 11.5 Å². The van der Waals surface area contributed by atoms with Gasteiger partial charge in [-0.2, -0.15) is 0 Å². The number of aromatic nitrogens is 1. The van der Waals surface area contributed by atoms with Crippen molar-refractivity contribution in [2.75, 3.05) is 13.2 Å². The second-order valence-corrected chi connectivity index (χ2v) is 6.17. The molecule has 2 aromatic rings. The fourth-order valence-electron chi connectivity index (χ4n) is 2.40. The SMILES string of the molecule is Cc1cc(OCC(N)=O)c(C(=O)C=Cc2cccc(OCC(N)=O)c2)c(=O)n1C. The molecule has 2 rings (SSSR count). The summed E-state index contributed by atoms with van der Waals surface area (Å²) >= 11 is 0. The number of amides is 2. The zero-order valence-corrected chi connectivity index (χ0v) is 16.0. The highest BCUT2D eigenvalue weighted by molar-refractivity contribution is 6.08. The minimum atomic E-state index is -0.731. The summed E-state index contributed by atoms with van der Waals surface area (Å²) in [5, 5.41) is 0. The third-order valence-electron chi connectivity index (χ3n) is 3.92. The Morgan fingerprint density at radius 1 is 1.07 bits per heavy atom. The van der Waals surface area contributed by atoms with Crippen molar-refractivity contribution in [1.29, 1.82) is 0 Å². The maximum atomic E-state index is 12.7. The van der Waals surface area contributed by atoms with Gasteiger partial charge < -0.3 is 25.5 Å². The van der Waals surface area contributed by atoms with Crippen LogP contribution in [-0.2, 0) is 16.6 Å². The van der Waals surface area contributed by atoms with Gasteiger partial charge in [-0.05, 0) is 30.7 Å². The smallest absolute Gasteiger partial charge is 0.265 e. The van der Waals surface area contributed by atoms with Crippen molar-refractivity contribution in [3.05, 3.63) is 63.6 Å². The molecule has 0 aliphatic carbocycles. The number of allylic oxidation sites excluding steroid dienone is 1. The van der Waals surface area contributed by atoms with Crippen molar-refractivity contribution in [1.82, 2.24) is 4.57 Å². The molecule has 29 heavy (non-hydrogen) atoms. The van der Waals surface area contributed by atoms with E-state index in [0.717, 1.165) is 0 Å². The highest BCUT2D eigenvalue weighted by atomic mass is 16.5. The number of hydrogen-bond donors (Lipinski definition) is 2. The van der Waals surface area contributed by atoms with Gasteiger partial charge in [-0.15, -0.1) is 0 Å². The van der Waals surface area contributed by atoms with E-state index < -0.39 is 29.8 Å². The molecule has 0 aliphatic heterocycles. The summed E-state index contributed by atoms with van der Waals surface area (Å²) in [6, 6.07) is 8.10. The number of ether oxygens (including phenoxy) is 2. The maximum Gasteiger partial charge on any atom is 0.265 e. The predicted molar refractivity (Wildman–Crippen MR) is 106 cm³/mol. The molecule has 0 spiro atoms. The average Bonchev–Trinajstić information content (AvgIpc) is 2.67. The number of nitrogens with zero attached hydrogens (tertiary/aromatic N) is 1. The van der Waals surface area contributed by atoms with Crippen molar-refractivity contribution < 1.29 is 23.9 Å². The van der Waals surface area contributed by atoms with Gasteiger partial charge in [-0.25, -0.2) is 0 Å². The van der Waals surface area contributed by atoms with Crippen molar-refractivity contribution in [2.45, 2.75) is 6.92 Å². The van der Waals surface area contributed by atoms with Crippen LogP contribution < -0.4 is 26.5 Å². The number of carbonyl (C=O) groups is 3. The number of benzene rings is 1. The predicted octanol–water partition coefficient (Wildman–Crippen LogP) is 0.318. The Hall–Kier alpha value is -3.88. The Balaban J connectivity index is 2.31. The monoisotopic (exact) mass is 399 g/mol. The van der Waals surface area contributed by atoms with Gasteiger partial charge in [0, 0.05) is 18.8 Å². The van der Waals surface area contributed by atoms with Gasteiger partial charge in [0.1, 0.15) is 17.1 Å². The molecule has 1 aromatic heterocycles. The summed E-state index contributed by atoms with van der Waals surface area (Å²) in [6.07, 6.45) is 2.69. The number of rotatable bonds is 9. The van der Waals surface area contributed by atoms with Crippen LogP contribution in [0.25, 0.3) is 6.08 Å². The number of pyridine rings is 1. The lowest BCUT2D eigenvalue weighted by Crippen LogP contribution is -2.28. The third kappa shape index (κ3) is 5.80. The molecule has 152 valence electrons. The molecule has 0 aliphatic rings. The van der Waals surface area contributed by atoms with Crippen LogP contribution in [0.15, 0.2) is 41.2 Å². The lowest BCUT2D eigenvalue weighted by molar-refractivity contribution is -0.120. The fraction of sp³-hybridized carbons (Fsp3) is 0.200. The summed E-state index contributed by atoms with van der Waals surface area (Å²) in [7, 11) is 1.52. The largest absolute Gasteiger partial charge is 0.484 e. The molecule has 0 fully saturated rings. The first-order valence-corrected chi connectivity index (χ1v) is 8.54. The third-order valence-corrected chi connectivity index (χ3v) is 3.92. The first-order valence-electron chi connectivity index (χ1n) is 8.54. The van der Waals surface area contributed by atoms with E-state index in [-0.39, 0.29) is 17.9 Å². The number of ketones is 1. The molecule has 1 aromatic carbocycles. The summed E-state index contributed by atoms with van der Waals surface area (Å²) in [5.74, 6) is -1.56. The molecule has 0 atom stereocenters. The van der Waals surface area contributed by atoms with Crippen LogP contribution in [-0.4, -0.2) is 35.4 Å². The second-order valence-electron chi connectivity index (χ2n) is 6.17. The zero-order chi connectivity index (χ0) is 21.6. The van der Waals surface area contributed by atoms with Crippen LogP contribution in [0.4, 0.5) is 0 Å². The van der Waals surface area contributed by atoms with Crippen molar-refractivity contribution in [3.63, 3.8) is 0 Å². The number of aryl methyl sites for hydroxylation is 1. The second kappa shape index (κ2) is 9.36. The van der Waals surface area contributed by atoms with E-state index in [0.29, 0.717) is 17.0 Å². The molecule has 0 saturated heterocycles. The maximum absolute atomic E-state index is 12.7. The molecule has 9 nitrogen and oxygen atoms in total. The highest BCUT2D eigenvalue weighted by Gasteiger charge is 2.18. The Morgan fingerprint density at radius 3 is 2.38 bits per heavy atom. The highest BCUT2D eigenvalue weighted by Crippen LogP contribution is 2.19. The average molecular weight is 399 g/mol. The van der Waals surface area contributed by atoms with Gasteiger partial charge in [-0.3, -0.25) is 19.2 Å². The molecule has 0 bridgehead atoms. The molecule has 0 unspecified atom stereocenters. The topological polar surface area (TPSA) is 144 Å². The molecule has 1 heterocycles. The van der Waals surface area contributed by atoms with Gasteiger partial charge in [0.05, 0.1) is 0 Å². The summed E-state index contributed by atoms with van der Waals surface area (Å²) in [5.41, 5.74) is 10.5. The van der Waals surface area contributed by atoms with Crippen LogP contribution in [0.2, 0.25) is 0 Å². The van der Waals surface area contributed by atoms with E-state index >= 15 is 0 Å². The minimum absolute atomic E-state index is 0.0161. The van der Waals surface area contributed by atoms with E-state index in [1.807, 2.05) is 0 Å². The first kappa shape index (κ1) is 21.4. The van der Waals surface area contributed by atoms with E-state index in [9.17, 15) is 19.2 Å². The van der Waals surface area contributed by atoms with E-state index in [2.05, 4.69) is 0 Å². The number of carbonyl (C=O) groups excluding carboxylic acids is 3. The quantitative estimate of drug-likeness (QED) is 0.459. The first-order chi connectivity index (χ1) is 13.7. The van der Waals surface area contributed by atoms with Crippen LogP contribution in [0.5, 0.6) is 11.5 Å². The molecular formula is C20H21N3O6. The van der Waals surface area contributed by atoms with Gasteiger partial charge in [-0.1, -0.05) is 18.2 Å². The van der Waals surface area contributed by atoms with Crippen LogP contribution in [0.1, 0.15) is 21.6 Å². The Bertz CT molecular complexity index is 1040. The normalized spacial score (nSPS) is 10.7. The molecule has 4 N–H and O–H groups in total. The minimum Gasteiger partial charge on any atom is -0.484 e. The van der Waals surface area contributed by atoms with E-state index in [4.69, 9.17) is 20.9 Å². The summed E-state index contributed by atoms with van der Waals surface area (Å²) in [6.45, 7) is 0.933. The van der Waals surface area contributed by atoms with Crippen LogP contribution in [0.3, 0.4) is 0 Å². The van der Waals surface area contributed by atoms with Crippen LogP contribution >= 0.6 is 0 Å². The molecular weight excluding hydrogens is 378 g/mol. The fourth-order valence-corrected chi connectivity index (χ4v) is 2.40. The zero-order valence-electron chi connectivity index (χ0n) is 16.0. The van der Waals surface area contributed by atoms with Crippen molar-refractivity contribution >= 4 is 23.7 Å². The Morgan fingerprint density at radius 2 is 1.72 bits per heavy atom. The standard InChI is InChI=1S/C20H21N3O6/c1-12-8-16(29-11-18(22)26)19(20(27)23(12)2)15(24)7-6-13-4-3-5-14(9-13)28-10-17(21)25/h3-9H,10-11H2,1-2H3,(H2,21,25)(H2,22,26). The number of hydrogen-bond acceptors (Lipinski definition) is 6. The summed E-state index contributed by atoms with van der Waals surface area (Å²) < 4.78 is 11.8. The lowest BCUT2D eigenvalue weighted by atomic mass is 10.1.